The molecule has 2 amide bonds. The number of nitrogens with zero attached hydrogens (tertiary/aromatic N) is 6. The van der Waals surface area contributed by atoms with E-state index in [0.717, 1.165) is 42.4 Å². The molecule has 34 heavy (non-hydrogen) atoms. The summed E-state index contributed by atoms with van der Waals surface area (Å²) >= 11 is 0. The van der Waals surface area contributed by atoms with E-state index in [9.17, 15) is 9.59 Å². The maximum Gasteiger partial charge on any atom is 0.410 e. The van der Waals surface area contributed by atoms with E-state index in [1.54, 1.807) is 4.90 Å². The molecule has 0 radical (unpaired) electrons. The highest BCUT2D eigenvalue weighted by Crippen LogP contribution is 2.33. The van der Waals surface area contributed by atoms with Gasteiger partial charge in [-0.15, -0.1) is 0 Å². The van der Waals surface area contributed by atoms with Gasteiger partial charge in [-0.1, -0.05) is 6.07 Å². The predicted molar refractivity (Wildman–Crippen MR) is 129 cm³/mol. The van der Waals surface area contributed by atoms with Gasteiger partial charge in [-0.2, -0.15) is 5.10 Å². The lowest BCUT2D eigenvalue weighted by atomic mass is 10.0. The smallest absolute Gasteiger partial charge is 0.410 e. The minimum atomic E-state index is -0.567. The molecule has 180 valence electrons. The van der Waals surface area contributed by atoms with Crippen molar-refractivity contribution in [3.05, 3.63) is 24.0 Å². The van der Waals surface area contributed by atoms with Crippen LogP contribution in [0.25, 0.3) is 21.8 Å². The van der Waals surface area contributed by atoms with Gasteiger partial charge < -0.3 is 20.3 Å². The zero-order valence-electron chi connectivity index (χ0n) is 20.0. The maximum absolute atomic E-state index is 12.5. The average molecular weight is 466 g/mol. The van der Waals surface area contributed by atoms with Crippen molar-refractivity contribution < 1.29 is 14.3 Å². The van der Waals surface area contributed by atoms with E-state index < -0.39 is 11.5 Å². The van der Waals surface area contributed by atoms with Gasteiger partial charge in [0.05, 0.1) is 11.6 Å². The molecule has 0 aliphatic carbocycles. The fourth-order valence-electron chi connectivity index (χ4n) is 4.84. The Hall–Kier alpha value is -3.43. The molecule has 5 rings (SSSR count). The van der Waals surface area contributed by atoms with E-state index >= 15 is 0 Å². The monoisotopic (exact) mass is 465 g/mol. The highest BCUT2D eigenvalue weighted by Gasteiger charge is 2.30. The summed E-state index contributed by atoms with van der Waals surface area (Å²) in [6.45, 7) is 8.57. The number of amides is 2. The second-order valence-electron chi connectivity index (χ2n) is 10.1. The molecular weight excluding hydrogens is 434 g/mol. The van der Waals surface area contributed by atoms with Crippen LogP contribution in [0.2, 0.25) is 0 Å². The van der Waals surface area contributed by atoms with Crippen molar-refractivity contribution in [2.24, 2.45) is 5.73 Å². The first-order valence-electron chi connectivity index (χ1n) is 11.9. The Kier molecular flexibility index (Phi) is 5.53. The minimum Gasteiger partial charge on any atom is -0.444 e. The first-order chi connectivity index (χ1) is 16.2. The van der Waals surface area contributed by atoms with E-state index in [-0.39, 0.29) is 17.8 Å². The van der Waals surface area contributed by atoms with E-state index in [1.165, 1.54) is 0 Å². The van der Waals surface area contributed by atoms with Crippen molar-refractivity contribution in [1.82, 2.24) is 24.6 Å². The Morgan fingerprint density at radius 2 is 1.79 bits per heavy atom. The molecular formula is C24H31N7O3. The van der Waals surface area contributed by atoms with Gasteiger partial charge in [-0.25, -0.2) is 14.8 Å². The van der Waals surface area contributed by atoms with Gasteiger partial charge in [0, 0.05) is 43.1 Å². The summed E-state index contributed by atoms with van der Waals surface area (Å²) < 4.78 is 7.42. The molecule has 2 aliphatic rings. The number of anilines is 1. The third-order valence-corrected chi connectivity index (χ3v) is 6.49. The van der Waals surface area contributed by atoms with Gasteiger partial charge in [0.25, 0.3) is 5.91 Å². The normalized spacial score (nSPS) is 17.6. The van der Waals surface area contributed by atoms with E-state index in [1.807, 2.05) is 43.8 Å². The average Bonchev–Trinajstić information content (AvgIpc) is 3.46. The summed E-state index contributed by atoms with van der Waals surface area (Å²) in [5.74, 6) is 0.133. The third kappa shape index (κ3) is 4.12. The van der Waals surface area contributed by atoms with Crippen molar-refractivity contribution >= 4 is 39.8 Å². The molecule has 0 atom stereocenters. The predicted octanol–water partition coefficient (Wildman–Crippen LogP) is 3.25. The molecule has 2 aliphatic heterocycles. The Labute approximate surface area is 198 Å². The number of fused-ring (bicyclic) bond motifs is 3. The molecule has 2 N–H and O–H groups in total. The van der Waals surface area contributed by atoms with Gasteiger partial charge in [0.15, 0.2) is 5.69 Å². The number of rotatable bonds is 3. The van der Waals surface area contributed by atoms with Crippen LogP contribution in [-0.4, -0.2) is 68.4 Å². The lowest BCUT2D eigenvalue weighted by molar-refractivity contribution is 0.0186. The fourth-order valence-corrected chi connectivity index (χ4v) is 4.84. The van der Waals surface area contributed by atoms with Crippen LogP contribution in [0.3, 0.4) is 0 Å². The van der Waals surface area contributed by atoms with Gasteiger partial charge in [-0.05, 0) is 52.5 Å². The van der Waals surface area contributed by atoms with Crippen molar-refractivity contribution in [2.75, 3.05) is 31.1 Å². The van der Waals surface area contributed by atoms with E-state index in [0.29, 0.717) is 37.3 Å². The molecule has 4 heterocycles. The number of likely N-dealkylation sites (tertiary alicyclic amines) is 1. The molecule has 0 bridgehead atoms. The summed E-state index contributed by atoms with van der Waals surface area (Å²) in [6.07, 6.45) is 5.17. The summed E-state index contributed by atoms with van der Waals surface area (Å²) in [7, 11) is 0. The second kappa shape index (κ2) is 8.41. The van der Waals surface area contributed by atoms with Crippen molar-refractivity contribution in [1.29, 1.82) is 0 Å². The van der Waals surface area contributed by atoms with Crippen LogP contribution in [0.4, 0.5) is 10.7 Å². The number of carbonyl (C=O) groups is 2. The second-order valence-corrected chi connectivity index (χ2v) is 10.1. The number of nitrogens with two attached hydrogens (primary N) is 1. The molecule has 0 spiro atoms. The van der Waals surface area contributed by atoms with Crippen LogP contribution < -0.4 is 10.6 Å². The number of hydrogen-bond acceptors (Lipinski definition) is 7. The van der Waals surface area contributed by atoms with Crippen molar-refractivity contribution in [3.8, 4) is 0 Å². The highest BCUT2D eigenvalue weighted by molar-refractivity contribution is 6.11. The number of ether oxygens (including phenoxy) is 1. The number of hydrogen-bond donors (Lipinski definition) is 1. The van der Waals surface area contributed by atoms with Crippen LogP contribution in [0.1, 0.15) is 63.0 Å². The van der Waals surface area contributed by atoms with Crippen LogP contribution in [0, 0.1) is 0 Å². The van der Waals surface area contributed by atoms with Gasteiger partial charge in [0.2, 0.25) is 5.95 Å². The quantitative estimate of drug-likeness (QED) is 0.630. The van der Waals surface area contributed by atoms with Crippen LogP contribution in [0.15, 0.2) is 18.3 Å². The maximum atomic E-state index is 12.5. The third-order valence-electron chi connectivity index (χ3n) is 6.49. The van der Waals surface area contributed by atoms with Gasteiger partial charge in [-0.3, -0.25) is 9.48 Å². The van der Waals surface area contributed by atoms with Gasteiger partial charge in [0.1, 0.15) is 11.1 Å². The zero-order chi connectivity index (χ0) is 24.0. The SMILES string of the molecule is CC(C)(C)OC(=O)N1CCC(n2nc(C(N)=O)c3ccc4cnc(N5CCCC5)nc4c32)CC1. The first-order valence-corrected chi connectivity index (χ1v) is 11.9. The van der Waals surface area contributed by atoms with Crippen molar-refractivity contribution in [3.63, 3.8) is 0 Å². The van der Waals surface area contributed by atoms with Crippen LogP contribution in [0.5, 0.6) is 0 Å². The zero-order valence-corrected chi connectivity index (χ0v) is 20.0. The highest BCUT2D eigenvalue weighted by atomic mass is 16.6. The summed E-state index contributed by atoms with van der Waals surface area (Å²) in [6, 6.07) is 3.79. The fraction of sp³-hybridized carbons (Fsp3) is 0.542. The lowest BCUT2D eigenvalue weighted by Gasteiger charge is -2.33. The molecule has 1 aromatic carbocycles. The van der Waals surface area contributed by atoms with E-state index in [4.69, 9.17) is 15.5 Å². The molecule has 10 nitrogen and oxygen atoms in total. The Morgan fingerprint density at radius 3 is 2.44 bits per heavy atom. The number of benzene rings is 1. The topological polar surface area (TPSA) is 119 Å². The van der Waals surface area contributed by atoms with Crippen LogP contribution >= 0.6 is 0 Å². The Morgan fingerprint density at radius 1 is 1.09 bits per heavy atom. The molecule has 2 aromatic heterocycles. The lowest BCUT2D eigenvalue weighted by Crippen LogP contribution is -2.42. The number of piperidine rings is 1. The Bertz CT molecular complexity index is 1250. The minimum absolute atomic E-state index is 0.00471. The van der Waals surface area contributed by atoms with Gasteiger partial charge >= 0.3 is 6.09 Å². The molecule has 0 unspecified atom stereocenters. The standard InChI is InChI=1S/C24H31N7O3/c1-24(2,3)34-23(33)30-12-8-16(9-13-30)31-20-17(19(28-31)21(25)32)7-6-15-14-26-22(27-18(15)20)29-10-4-5-11-29/h6-7,14,16H,4-5,8-13H2,1-3H3,(H2,25,32). The summed E-state index contributed by atoms with van der Waals surface area (Å²) in [5, 5.41) is 6.24. The van der Waals surface area contributed by atoms with Crippen LogP contribution in [-0.2, 0) is 4.74 Å². The number of aromatic nitrogens is 4. The Balaban J connectivity index is 1.52. The molecule has 0 saturated carbocycles. The first kappa shape index (κ1) is 22.4. The van der Waals surface area contributed by atoms with E-state index in [2.05, 4.69) is 15.0 Å². The largest absolute Gasteiger partial charge is 0.444 e. The molecule has 3 aromatic rings. The molecule has 2 saturated heterocycles. The molecule has 2 fully saturated rings. The summed E-state index contributed by atoms with van der Waals surface area (Å²) in [5.41, 5.74) is 6.97. The summed E-state index contributed by atoms with van der Waals surface area (Å²) in [4.78, 5) is 38.1. The number of primary amides is 1. The molecule has 10 heteroatoms. The number of carbonyl (C=O) groups excluding carboxylic acids is 2. The van der Waals surface area contributed by atoms with Crippen molar-refractivity contribution in [2.45, 2.75) is 58.1 Å².